The van der Waals surface area contributed by atoms with E-state index in [0.29, 0.717) is 0 Å². The molecular weight excluding hydrogens is 425 g/mol. The molecule has 1 N–H and O–H groups in total. The highest BCUT2D eigenvalue weighted by Gasteiger charge is 2.31. The fourth-order valence-corrected chi connectivity index (χ4v) is 2.93. The summed E-state index contributed by atoms with van der Waals surface area (Å²) in [5.41, 5.74) is -0.380. The van der Waals surface area contributed by atoms with E-state index in [0.717, 1.165) is 16.7 Å². The Hall–Kier alpha value is -3.14. The number of nitrogens with one attached hydrogen (secondary N) is 1. The Morgan fingerprint density at radius 3 is 2.63 bits per heavy atom. The molecule has 2 heterocycles. The minimum Gasteiger partial charge on any atom is -0.406 e. The van der Waals surface area contributed by atoms with Gasteiger partial charge in [-0.3, -0.25) is 14.2 Å². The minimum atomic E-state index is -4.88. The molecule has 1 aromatic carbocycles. The van der Waals surface area contributed by atoms with Gasteiger partial charge in [0.05, 0.1) is 5.52 Å². The summed E-state index contributed by atoms with van der Waals surface area (Å²) < 4.78 is 42.8. The molecule has 0 aliphatic carbocycles. The summed E-state index contributed by atoms with van der Waals surface area (Å²) in [5, 5.41) is 2.72. The van der Waals surface area contributed by atoms with E-state index >= 15 is 0 Å². The Kier molecular flexibility index (Phi) is 5.97. The molecule has 0 bridgehead atoms. The number of carbonyl (C=O) groups excluding carboxylic acids is 1. The number of ether oxygens (including phenoxy) is 1. The van der Waals surface area contributed by atoms with E-state index in [1.54, 1.807) is 13.8 Å². The first-order chi connectivity index (χ1) is 14.0. The predicted molar refractivity (Wildman–Crippen MR) is 104 cm³/mol. The van der Waals surface area contributed by atoms with Crippen LogP contribution >= 0.6 is 11.6 Å². The van der Waals surface area contributed by atoms with Crippen molar-refractivity contribution < 1.29 is 22.7 Å². The van der Waals surface area contributed by atoms with Crippen molar-refractivity contribution in [3.05, 3.63) is 51.9 Å². The number of nitrogens with zero attached hydrogens (tertiary/aromatic N) is 3. The predicted octanol–water partition coefficient (Wildman–Crippen LogP) is 3.54. The third kappa shape index (κ3) is 5.07. The normalized spacial score (nSPS) is 11.7. The van der Waals surface area contributed by atoms with E-state index in [4.69, 9.17) is 11.6 Å². The number of alkyl halides is 3. The summed E-state index contributed by atoms with van der Waals surface area (Å²) in [7, 11) is 0. The Balaban J connectivity index is 2.18. The third-order valence-electron chi connectivity index (χ3n) is 3.85. The zero-order valence-corrected chi connectivity index (χ0v) is 16.6. The molecule has 0 saturated heterocycles. The van der Waals surface area contributed by atoms with Crippen molar-refractivity contribution in [1.82, 2.24) is 19.9 Å². The van der Waals surface area contributed by atoms with E-state index in [2.05, 4.69) is 20.0 Å². The van der Waals surface area contributed by atoms with Gasteiger partial charge >= 0.3 is 6.36 Å². The molecule has 0 fully saturated rings. The summed E-state index contributed by atoms with van der Waals surface area (Å²) in [4.78, 5) is 33.6. The van der Waals surface area contributed by atoms with Gasteiger partial charge in [0.1, 0.15) is 23.3 Å². The highest BCUT2D eigenvalue weighted by molar-refractivity contribution is 6.29. The van der Waals surface area contributed by atoms with Gasteiger partial charge in [-0.15, -0.1) is 13.2 Å². The summed E-state index contributed by atoms with van der Waals surface area (Å²) in [5.74, 6) is -0.968. The molecule has 1 amide bonds. The van der Waals surface area contributed by atoms with Crippen LogP contribution in [0.2, 0.25) is 5.15 Å². The van der Waals surface area contributed by atoms with Crippen molar-refractivity contribution >= 4 is 28.5 Å². The quantitative estimate of drug-likeness (QED) is 0.613. The highest BCUT2D eigenvalue weighted by Crippen LogP contribution is 2.27. The fourth-order valence-electron chi connectivity index (χ4n) is 2.78. The average molecular weight is 441 g/mol. The maximum absolute atomic E-state index is 13.0. The largest absolute Gasteiger partial charge is 0.573 e. The Labute approximate surface area is 173 Å². The Morgan fingerprint density at radius 2 is 1.97 bits per heavy atom. The first kappa shape index (κ1) is 21.6. The Bertz CT molecular complexity index is 1160. The van der Waals surface area contributed by atoms with Crippen molar-refractivity contribution in [2.45, 2.75) is 32.8 Å². The second-order valence-electron chi connectivity index (χ2n) is 6.63. The van der Waals surface area contributed by atoms with Crippen LogP contribution in [0.5, 0.6) is 5.75 Å². The van der Waals surface area contributed by atoms with Gasteiger partial charge in [-0.25, -0.2) is 9.97 Å². The highest BCUT2D eigenvalue weighted by atomic mass is 35.5. The summed E-state index contributed by atoms with van der Waals surface area (Å²) >= 11 is 5.87. The van der Waals surface area contributed by atoms with Gasteiger partial charge in [-0.1, -0.05) is 23.7 Å². The molecule has 0 spiro atoms. The number of aromatic nitrogens is 3. The monoisotopic (exact) mass is 440 g/mol. The molecule has 11 heteroatoms. The molecule has 0 radical (unpaired) electrons. The van der Waals surface area contributed by atoms with Crippen molar-refractivity contribution in [2.75, 3.05) is 0 Å². The molecule has 0 saturated carbocycles. The summed E-state index contributed by atoms with van der Waals surface area (Å²) in [6.45, 7) is 3.09. The van der Waals surface area contributed by atoms with Gasteiger partial charge < -0.3 is 10.1 Å². The van der Waals surface area contributed by atoms with E-state index < -0.39 is 30.1 Å². The van der Waals surface area contributed by atoms with Gasteiger partial charge in [0.15, 0.2) is 5.52 Å². The fraction of sp³-hybridized carbons (Fsp3) is 0.263. The van der Waals surface area contributed by atoms with Crippen molar-refractivity contribution in [3.8, 4) is 17.1 Å². The number of fused-ring (bicyclic) bond motifs is 1. The summed E-state index contributed by atoms with van der Waals surface area (Å²) in [6.07, 6.45) is -4.88. The van der Waals surface area contributed by atoms with Crippen LogP contribution in [0.4, 0.5) is 13.2 Å². The zero-order valence-electron chi connectivity index (χ0n) is 15.8. The molecule has 2 aromatic heterocycles. The number of hydrogen-bond donors (Lipinski definition) is 1. The molecule has 158 valence electrons. The number of amides is 1. The van der Waals surface area contributed by atoms with Crippen molar-refractivity contribution in [1.29, 1.82) is 0 Å². The molecule has 7 nitrogen and oxygen atoms in total. The molecule has 0 aliphatic heterocycles. The van der Waals surface area contributed by atoms with Gasteiger partial charge in [-0.2, -0.15) is 0 Å². The molecule has 3 aromatic rings. The molecule has 0 aliphatic rings. The van der Waals surface area contributed by atoms with Crippen LogP contribution in [-0.4, -0.2) is 32.8 Å². The van der Waals surface area contributed by atoms with E-state index in [1.165, 1.54) is 24.3 Å². The SMILES string of the molecule is CC(C)NC(=O)Cn1c(-c2cccc(OC(F)(F)F)c2)nc2ccc(Cl)nc2c1=O. The number of carbonyl (C=O) groups is 1. The van der Waals surface area contributed by atoms with Gasteiger partial charge in [0.25, 0.3) is 5.56 Å². The van der Waals surface area contributed by atoms with Crippen LogP contribution in [0.3, 0.4) is 0 Å². The molecule has 0 atom stereocenters. The Morgan fingerprint density at radius 1 is 1.23 bits per heavy atom. The maximum atomic E-state index is 13.0. The van der Waals surface area contributed by atoms with Crippen molar-refractivity contribution in [2.24, 2.45) is 0 Å². The number of halogens is 4. The smallest absolute Gasteiger partial charge is 0.406 e. The van der Waals surface area contributed by atoms with E-state index in [9.17, 15) is 22.8 Å². The van der Waals surface area contributed by atoms with E-state index in [1.807, 2.05) is 0 Å². The second-order valence-corrected chi connectivity index (χ2v) is 7.01. The lowest BCUT2D eigenvalue weighted by Crippen LogP contribution is -2.37. The molecular formula is C19H16ClF3N4O3. The second kappa shape index (κ2) is 8.31. The van der Waals surface area contributed by atoms with Gasteiger partial charge in [0, 0.05) is 11.6 Å². The van der Waals surface area contributed by atoms with Gasteiger partial charge in [-0.05, 0) is 38.1 Å². The van der Waals surface area contributed by atoms with E-state index in [-0.39, 0.29) is 33.6 Å². The van der Waals surface area contributed by atoms with Crippen LogP contribution in [0.15, 0.2) is 41.2 Å². The van der Waals surface area contributed by atoms with Crippen LogP contribution in [0, 0.1) is 0 Å². The number of pyridine rings is 1. The summed E-state index contributed by atoms with van der Waals surface area (Å²) in [6, 6.07) is 7.70. The van der Waals surface area contributed by atoms with Crippen LogP contribution < -0.4 is 15.6 Å². The van der Waals surface area contributed by atoms with Crippen molar-refractivity contribution in [3.63, 3.8) is 0 Å². The number of benzene rings is 1. The first-order valence-electron chi connectivity index (χ1n) is 8.76. The van der Waals surface area contributed by atoms with Gasteiger partial charge in [0.2, 0.25) is 5.91 Å². The first-order valence-corrected chi connectivity index (χ1v) is 9.14. The van der Waals surface area contributed by atoms with Crippen LogP contribution in [-0.2, 0) is 11.3 Å². The lowest BCUT2D eigenvalue weighted by atomic mass is 10.2. The average Bonchev–Trinajstić information content (AvgIpc) is 2.62. The molecule has 3 rings (SSSR count). The number of hydrogen-bond acceptors (Lipinski definition) is 5. The molecule has 0 unspecified atom stereocenters. The zero-order chi connectivity index (χ0) is 22.1. The maximum Gasteiger partial charge on any atom is 0.573 e. The van der Waals surface area contributed by atoms with Crippen LogP contribution in [0.25, 0.3) is 22.4 Å². The third-order valence-corrected chi connectivity index (χ3v) is 4.06. The molecule has 30 heavy (non-hydrogen) atoms. The van der Waals surface area contributed by atoms with Crippen LogP contribution in [0.1, 0.15) is 13.8 Å². The lowest BCUT2D eigenvalue weighted by Gasteiger charge is -2.15. The lowest BCUT2D eigenvalue weighted by molar-refractivity contribution is -0.274. The minimum absolute atomic E-state index is 0.0110. The number of rotatable bonds is 5. The standard InChI is InChI=1S/C19H16ClF3N4O3/c1-10(2)24-15(28)9-27-17(11-4-3-5-12(8-11)30-19(21,22)23)25-13-6-7-14(20)26-16(13)18(27)29/h3-8,10H,9H2,1-2H3,(H,24,28). The topological polar surface area (TPSA) is 86.1 Å².